The zero-order valence-corrected chi connectivity index (χ0v) is 11.9. The molecule has 0 bridgehead atoms. The fraction of sp³-hybridized carbons (Fsp3) is 1.00. The summed E-state index contributed by atoms with van der Waals surface area (Å²) in [4.78, 5) is 0. The Morgan fingerprint density at radius 2 is 2.20 bits per heavy atom. The van der Waals surface area contributed by atoms with Crippen LogP contribution < -0.4 is 0 Å². The van der Waals surface area contributed by atoms with E-state index in [1.807, 2.05) is 6.92 Å². The van der Waals surface area contributed by atoms with Gasteiger partial charge < -0.3 is 0 Å². The van der Waals surface area contributed by atoms with Crippen LogP contribution in [-0.2, 0) is 19.0 Å². The molecule has 1 atom stereocenters. The Hall–Kier alpha value is 1.79. The van der Waals surface area contributed by atoms with Gasteiger partial charge in [0, 0.05) is 0 Å². The van der Waals surface area contributed by atoms with Gasteiger partial charge in [-0.25, -0.2) is 0 Å². The van der Waals surface area contributed by atoms with E-state index in [9.17, 15) is 0 Å². The Morgan fingerprint density at radius 3 is 2.50 bits per heavy atom. The van der Waals surface area contributed by atoms with Crippen LogP contribution in [0, 0.1) is 0 Å². The summed E-state index contributed by atoms with van der Waals surface area (Å²) >= 11 is 7.52. The van der Waals surface area contributed by atoms with Crippen molar-refractivity contribution in [3.63, 3.8) is 0 Å². The van der Waals surface area contributed by atoms with Crippen LogP contribution in [0.3, 0.4) is 0 Å². The van der Waals surface area contributed by atoms with Crippen molar-refractivity contribution >= 4 is 53.7 Å². The van der Waals surface area contributed by atoms with Gasteiger partial charge in [-0.15, -0.1) is 0 Å². The van der Waals surface area contributed by atoms with E-state index in [-0.39, 0.29) is 0 Å². The van der Waals surface area contributed by atoms with Crippen molar-refractivity contribution in [3.8, 4) is 0 Å². The van der Waals surface area contributed by atoms with Crippen LogP contribution in [0.1, 0.15) is 13.8 Å². The van der Waals surface area contributed by atoms with E-state index >= 15 is 0 Å². The van der Waals surface area contributed by atoms with E-state index in [2.05, 4.69) is 6.92 Å². The van der Waals surface area contributed by atoms with Gasteiger partial charge in [0.05, 0.1) is 0 Å². The van der Waals surface area contributed by atoms with Gasteiger partial charge >= 0.3 is 87.1 Å². The summed E-state index contributed by atoms with van der Waals surface area (Å²) in [6.45, 7) is 4.66. The van der Waals surface area contributed by atoms with Gasteiger partial charge in [0.15, 0.2) is 0 Å². The predicted octanol–water partition coefficient (Wildman–Crippen LogP) is 2.10. The van der Waals surface area contributed by atoms with Crippen molar-refractivity contribution in [1.82, 2.24) is 0 Å². The first kappa shape index (κ1) is 11.8. The summed E-state index contributed by atoms with van der Waals surface area (Å²) < 4.78 is 10.5. The topological polar surface area (TPSA) is 18.5 Å². The Kier molecular flexibility index (Phi) is 7.45. The van der Waals surface area contributed by atoms with Gasteiger partial charge in [-0.1, -0.05) is 0 Å². The van der Waals surface area contributed by atoms with Crippen molar-refractivity contribution in [2.24, 2.45) is 0 Å². The van der Waals surface area contributed by atoms with Gasteiger partial charge in [-0.2, -0.15) is 0 Å². The second-order valence-corrected chi connectivity index (χ2v) is 9.74. The third-order valence-corrected chi connectivity index (χ3v) is 11.1. The molecule has 0 aromatic rings. The molecule has 1 unspecified atom stereocenters. The Balaban J connectivity index is 3.83. The fourth-order valence-corrected chi connectivity index (χ4v) is 6.26. The summed E-state index contributed by atoms with van der Waals surface area (Å²) in [7, 11) is 0. The van der Waals surface area contributed by atoms with Gasteiger partial charge in [-0.05, 0) is 0 Å². The Bertz CT molecular complexity index is 122. The van der Waals surface area contributed by atoms with Gasteiger partial charge in [0.1, 0.15) is 0 Å². The SMILES string of the molecule is CCOP(=S)([O][In])SCC. The second kappa shape index (κ2) is 6.32. The van der Waals surface area contributed by atoms with Gasteiger partial charge in [-0.3, -0.25) is 0 Å². The molecule has 2 radical (unpaired) electrons. The molecule has 0 fully saturated rings. The zero-order chi connectivity index (χ0) is 8.04. The quantitative estimate of drug-likeness (QED) is 0.724. The molecule has 0 aliphatic carbocycles. The third kappa shape index (κ3) is 4.62. The van der Waals surface area contributed by atoms with Crippen molar-refractivity contribution in [2.75, 3.05) is 12.4 Å². The molecule has 2 nitrogen and oxygen atoms in total. The van der Waals surface area contributed by atoms with Gasteiger partial charge in [0.25, 0.3) is 0 Å². The predicted molar refractivity (Wildman–Crippen MR) is 50.9 cm³/mol. The van der Waals surface area contributed by atoms with Crippen molar-refractivity contribution in [1.29, 1.82) is 0 Å². The first-order valence-electron chi connectivity index (χ1n) is 2.96. The maximum atomic E-state index is 5.32. The van der Waals surface area contributed by atoms with Crippen LogP contribution in [0.5, 0.6) is 0 Å². The second-order valence-electron chi connectivity index (χ2n) is 1.39. The summed E-state index contributed by atoms with van der Waals surface area (Å²) in [6, 6.07) is 0. The minimum absolute atomic E-state index is 0.658. The molecule has 0 saturated carbocycles. The molecule has 0 rings (SSSR count). The fourth-order valence-electron chi connectivity index (χ4n) is 0.414. The molecule has 0 aliphatic rings. The van der Waals surface area contributed by atoms with Crippen LogP contribution in [0.25, 0.3) is 0 Å². The molecule has 0 spiro atoms. The van der Waals surface area contributed by atoms with E-state index in [0.29, 0.717) is 6.61 Å². The van der Waals surface area contributed by atoms with E-state index in [1.54, 1.807) is 11.4 Å². The van der Waals surface area contributed by atoms with E-state index in [0.717, 1.165) is 30.6 Å². The molecule has 58 valence electrons. The number of hydrogen-bond donors (Lipinski definition) is 0. The summed E-state index contributed by atoms with van der Waals surface area (Å²) in [5, 5.41) is 0. The normalized spacial score (nSPS) is 16.6. The molecule has 0 aromatic heterocycles. The summed E-state index contributed by atoms with van der Waals surface area (Å²) in [5.41, 5.74) is -1.89. The van der Waals surface area contributed by atoms with Gasteiger partial charge in [0.2, 0.25) is 0 Å². The zero-order valence-electron chi connectivity index (χ0n) is 6.07. The van der Waals surface area contributed by atoms with Crippen molar-refractivity contribution in [3.05, 3.63) is 0 Å². The van der Waals surface area contributed by atoms with E-state index < -0.39 is 5.69 Å². The average Bonchev–Trinajstić information content (AvgIpc) is 1.89. The average molecular weight is 300 g/mol. The molecular formula is C4H10InO2PS2. The summed E-state index contributed by atoms with van der Waals surface area (Å²) in [5.74, 6) is 0.970. The molecule has 0 aromatic carbocycles. The first-order chi connectivity index (χ1) is 4.68. The number of rotatable bonds is 5. The molecule has 0 heterocycles. The van der Waals surface area contributed by atoms with E-state index in [4.69, 9.17) is 19.0 Å². The Morgan fingerprint density at radius 1 is 1.60 bits per heavy atom. The molecule has 0 saturated heterocycles. The monoisotopic (exact) mass is 300 g/mol. The van der Waals surface area contributed by atoms with Crippen LogP contribution in [0.15, 0.2) is 0 Å². The van der Waals surface area contributed by atoms with Crippen LogP contribution >= 0.6 is 17.1 Å². The van der Waals surface area contributed by atoms with Crippen molar-refractivity contribution in [2.45, 2.75) is 13.8 Å². The summed E-state index contributed by atoms with van der Waals surface area (Å²) in [6.07, 6.45) is 0. The Labute approximate surface area is 86.5 Å². The molecule has 0 aliphatic heterocycles. The van der Waals surface area contributed by atoms with E-state index in [1.165, 1.54) is 0 Å². The minimum atomic E-state index is -1.89. The van der Waals surface area contributed by atoms with Crippen molar-refractivity contribution < 1.29 is 7.17 Å². The molecule has 0 amide bonds. The molecule has 0 N–H and O–H groups in total. The third-order valence-electron chi connectivity index (χ3n) is 0.704. The molecular weight excluding hydrogens is 290 g/mol. The molecule has 6 heteroatoms. The first-order valence-corrected chi connectivity index (χ1v) is 8.53. The molecule has 10 heavy (non-hydrogen) atoms. The van der Waals surface area contributed by atoms with Crippen LogP contribution in [0.4, 0.5) is 0 Å². The van der Waals surface area contributed by atoms with Crippen LogP contribution in [0.2, 0.25) is 0 Å². The standard InChI is InChI=1S/C4H11O2PS2.In/c1-3-6-7(5,8)9-4-2;/h3-4H2,1-2H3,(H,5,8);/q;+1/p-1. The van der Waals surface area contributed by atoms with Crippen LogP contribution in [-0.4, -0.2) is 37.2 Å². The maximum absolute atomic E-state index is 5.32. The number of hydrogen-bond acceptors (Lipinski definition) is 4.